The summed E-state index contributed by atoms with van der Waals surface area (Å²) in [6.07, 6.45) is 7.46. The first-order valence-corrected chi connectivity index (χ1v) is 30.0. The zero-order valence-corrected chi connectivity index (χ0v) is 49.1. The Balaban J connectivity index is 0.949. The number of aryl methyl sites for hydroxylation is 1. The fourth-order valence-corrected chi connectivity index (χ4v) is 12.8. The average molecular weight is 1200 g/mol. The average Bonchev–Trinajstić information content (AvgIpc) is 1.53. The molecule has 0 saturated carbocycles. The second-order valence-electron chi connectivity index (χ2n) is 22.9. The van der Waals surface area contributed by atoms with E-state index in [1.54, 1.807) is 19.1 Å². The third kappa shape index (κ3) is 9.57. The SMILES string of the molecule is Cc1cc(-n2c3ccc(-c4ccc(-c5ccccc5)nc4)cc3c3cc(-c4ccc(-c5ccccc5)nc4)ccc32)c(-n2c3ccc(-c4ccc(-c5ccccc5)nc4)cc3c3cc(-c4ccc(-c5ccccc5)nc4)ccc32)cc1-c1c(F)c(F)c(F)c(F)c1F. The molecular weight excluding hydrogens is 1150 g/mol. The van der Waals surface area contributed by atoms with Crippen LogP contribution in [0.4, 0.5) is 22.0 Å². The van der Waals surface area contributed by atoms with Crippen molar-refractivity contribution < 1.29 is 22.0 Å². The number of benzene rings is 10. The van der Waals surface area contributed by atoms with Crippen LogP contribution in [-0.4, -0.2) is 29.1 Å². The normalized spacial score (nSPS) is 11.6. The number of fused-ring (bicyclic) bond motifs is 6. The number of rotatable bonds is 11. The van der Waals surface area contributed by atoms with Crippen LogP contribution < -0.4 is 0 Å². The Hall–Kier alpha value is -12.0. The molecule has 0 N–H and O–H groups in total. The van der Waals surface area contributed by atoms with Gasteiger partial charge in [-0.15, -0.1) is 0 Å². The molecule has 0 aliphatic carbocycles. The molecule has 0 aliphatic heterocycles. The monoisotopic (exact) mass is 1200 g/mol. The Morgan fingerprint density at radius 2 is 0.511 bits per heavy atom. The summed E-state index contributed by atoms with van der Waals surface area (Å²) in [7, 11) is 0. The van der Waals surface area contributed by atoms with Gasteiger partial charge in [0, 0.05) is 90.8 Å². The maximum absolute atomic E-state index is 16.5. The first-order chi connectivity index (χ1) is 45.1. The van der Waals surface area contributed by atoms with Crippen molar-refractivity contribution in [3.8, 4) is 112 Å². The van der Waals surface area contributed by atoms with E-state index in [2.05, 4.69) is 53.1 Å². The molecule has 0 atom stereocenters. The predicted octanol–water partition coefficient (Wildman–Crippen LogP) is 21.5. The number of hydrogen-bond donors (Lipinski definition) is 0. The third-order valence-electron chi connectivity index (χ3n) is 17.5. The molecule has 10 aromatic carbocycles. The van der Waals surface area contributed by atoms with E-state index in [1.807, 2.05) is 223 Å². The quantitative estimate of drug-likeness (QED) is 0.0735. The molecule has 6 nitrogen and oxygen atoms in total. The van der Waals surface area contributed by atoms with Gasteiger partial charge in [0.25, 0.3) is 0 Å². The van der Waals surface area contributed by atoms with Gasteiger partial charge in [0.2, 0.25) is 5.82 Å². The van der Waals surface area contributed by atoms with Crippen molar-refractivity contribution in [2.75, 3.05) is 0 Å². The van der Waals surface area contributed by atoms with E-state index in [1.165, 1.54) is 0 Å². The van der Waals surface area contributed by atoms with Gasteiger partial charge in [-0.2, -0.15) is 0 Å². The van der Waals surface area contributed by atoms with E-state index in [4.69, 9.17) is 19.9 Å². The van der Waals surface area contributed by atoms with Crippen LogP contribution in [-0.2, 0) is 0 Å². The molecule has 0 fully saturated rings. The van der Waals surface area contributed by atoms with E-state index < -0.39 is 34.6 Å². The van der Waals surface area contributed by atoms with Crippen molar-refractivity contribution in [2.45, 2.75) is 6.92 Å². The van der Waals surface area contributed by atoms with Gasteiger partial charge in [0.1, 0.15) is 0 Å². The van der Waals surface area contributed by atoms with Gasteiger partial charge in [-0.1, -0.05) is 170 Å². The summed E-state index contributed by atoms with van der Waals surface area (Å²) in [5.41, 5.74) is 17.3. The van der Waals surface area contributed by atoms with Crippen molar-refractivity contribution >= 4 is 43.6 Å². The topological polar surface area (TPSA) is 61.4 Å². The summed E-state index contributed by atoms with van der Waals surface area (Å²) in [6.45, 7) is 1.63. The molecule has 6 aromatic heterocycles. The lowest BCUT2D eigenvalue weighted by Gasteiger charge is -2.21. The van der Waals surface area contributed by atoms with Crippen LogP contribution in [0.15, 0.2) is 280 Å². The van der Waals surface area contributed by atoms with Crippen molar-refractivity contribution in [2.24, 2.45) is 0 Å². The Morgan fingerprint density at radius 1 is 0.250 bits per heavy atom. The van der Waals surface area contributed by atoms with Gasteiger partial charge in [-0.3, -0.25) is 19.9 Å². The fraction of sp³-hybridized carbons (Fsp3) is 0.0123. The maximum atomic E-state index is 16.5. The highest BCUT2D eigenvalue weighted by molar-refractivity contribution is 6.14. The smallest absolute Gasteiger partial charge is 0.200 e. The molecule has 11 heteroatoms. The van der Waals surface area contributed by atoms with Gasteiger partial charge in [0.05, 0.1) is 61.8 Å². The summed E-state index contributed by atoms with van der Waals surface area (Å²) in [5, 5.41) is 3.39. The molecule has 0 unspecified atom stereocenters. The molecule has 0 amide bonds. The summed E-state index contributed by atoms with van der Waals surface area (Å²) in [4.78, 5) is 19.6. The third-order valence-corrected chi connectivity index (χ3v) is 17.5. The van der Waals surface area contributed by atoms with Gasteiger partial charge in [0.15, 0.2) is 23.3 Å². The van der Waals surface area contributed by atoms with Crippen molar-refractivity contribution in [3.05, 3.63) is 314 Å². The predicted molar refractivity (Wildman–Crippen MR) is 360 cm³/mol. The molecule has 0 aliphatic rings. The highest BCUT2D eigenvalue weighted by Gasteiger charge is 2.30. The van der Waals surface area contributed by atoms with E-state index in [0.717, 1.165) is 122 Å². The largest absolute Gasteiger partial charge is 0.307 e. The van der Waals surface area contributed by atoms with Crippen molar-refractivity contribution in [1.29, 1.82) is 0 Å². The van der Waals surface area contributed by atoms with Crippen molar-refractivity contribution in [1.82, 2.24) is 29.1 Å². The highest BCUT2D eigenvalue weighted by Crippen LogP contribution is 2.46. The van der Waals surface area contributed by atoms with E-state index in [0.29, 0.717) is 22.4 Å². The Bertz CT molecular complexity index is 5220. The Morgan fingerprint density at radius 3 is 0.783 bits per heavy atom. The number of halogens is 5. The van der Waals surface area contributed by atoms with Crippen LogP contribution in [0.3, 0.4) is 0 Å². The number of pyridine rings is 4. The van der Waals surface area contributed by atoms with Gasteiger partial charge in [-0.05, 0) is 125 Å². The van der Waals surface area contributed by atoms with Crippen molar-refractivity contribution in [3.63, 3.8) is 0 Å². The summed E-state index contributed by atoms with van der Waals surface area (Å²) < 4.78 is 83.3. The number of nitrogens with zero attached hydrogens (tertiary/aromatic N) is 6. The van der Waals surface area contributed by atoms with Crippen LogP contribution >= 0.6 is 0 Å². The minimum Gasteiger partial charge on any atom is -0.307 e. The van der Waals surface area contributed by atoms with E-state index >= 15 is 17.6 Å². The van der Waals surface area contributed by atoms with E-state index in [9.17, 15) is 4.39 Å². The molecule has 6 heterocycles. The second-order valence-corrected chi connectivity index (χ2v) is 22.9. The summed E-state index contributed by atoms with van der Waals surface area (Å²) >= 11 is 0. The van der Waals surface area contributed by atoms with Crippen LogP contribution in [0, 0.1) is 36.0 Å². The van der Waals surface area contributed by atoms with Gasteiger partial charge < -0.3 is 9.13 Å². The lowest BCUT2D eigenvalue weighted by molar-refractivity contribution is 0.381. The number of hydrogen-bond acceptors (Lipinski definition) is 4. The lowest BCUT2D eigenvalue weighted by Crippen LogP contribution is -2.08. The van der Waals surface area contributed by atoms with Crippen LogP contribution in [0.1, 0.15) is 5.56 Å². The molecule has 16 aromatic rings. The summed E-state index contributed by atoms with van der Waals surface area (Å²) in [5.74, 6) is -10.2. The Labute approximate surface area is 525 Å². The highest BCUT2D eigenvalue weighted by atomic mass is 19.2. The maximum Gasteiger partial charge on any atom is 0.200 e. The van der Waals surface area contributed by atoms with Gasteiger partial charge in [-0.25, -0.2) is 22.0 Å². The van der Waals surface area contributed by atoms with Crippen LogP contribution in [0.5, 0.6) is 0 Å². The van der Waals surface area contributed by atoms with Gasteiger partial charge >= 0.3 is 0 Å². The minimum absolute atomic E-state index is 0.183. The number of aromatic nitrogens is 6. The first kappa shape index (κ1) is 55.4. The first-order valence-electron chi connectivity index (χ1n) is 30.0. The molecule has 0 saturated heterocycles. The molecule has 92 heavy (non-hydrogen) atoms. The lowest BCUT2D eigenvalue weighted by atomic mass is 9.96. The molecule has 438 valence electrons. The molecule has 16 rings (SSSR count). The Kier molecular flexibility index (Phi) is 13.6. The molecule has 0 radical (unpaired) electrons. The standard InChI is InChI=1S/C81H49F5N6/c1-48-38-74(91-70-34-26-53(57-22-30-66(87-44-57)49-14-6-2-7-15-49)39-62(70)63-40-54(27-35-71(63)91)58-23-31-67(88-45-58)50-16-8-3-9-17-50)75(43-61(48)76-77(82)79(84)81(86)80(85)78(76)83)92-72-36-28-55(59-24-32-68(89-46-59)51-18-10-4-11-19-51)41-64(72)65-42-56(29-37-73(65)92)60-25-33-69(90-47-60)52-20-12-5-13-21-52/h2-47H,1H3. The molecule has 0 bridgehead atoms. The van der Waals surface area contributed by atoms with Crippen LogP contribution in [0.25, 0.3) is 156 Å². The molecule has 0 spiro atoms. The minimum atomic E-state index is -2.24. The second kappa shape index (κ2) is 22.6. The van der Waals surface area contributed by atoms with Crippen LogP contribution in [0.2, 0.25) is 0 Å². The zero-order chi connectivity index (χ0) is 62.1. The zero-order valence-electron chi connectivity index (χ0n) is 49.1. The fourth-order valence-electron chi connectivity index (χ4n) is 12.8. The molecular formula is C81H49F5N6. The summed E-state index contributed by atoms with van der Waals surface area (Å²) in [6, 6.07) is 84.2. The van der Waals surface area contributed by atoms with E-state index in [-0.39, 0.29) is 11.1 Å².